The van der Waals surface area contributed by atoms with Gasteiger partial charge in [0.05, 0.1) is 5.69 Å². The second-order valence-corrected chi connectivity index (χ2v) is 9.81. The molecular weight excluding hydrogens is 438 g/mol. The molecule has 0 radical (unpaired) electrons. The largest absolute Gasteiger partial charge is 0.361 e. The van der Waals surface area contributed by atoms with Crippen molar-refractivity contribution in [3.8, 4) is 5.69 Å². The number of hydrogen-bond acceptors (Lipinski definition) is 3. The highest BCUT2D eigenvalue weighted by Crippen LogP contribution is 2.59. The second kappa shape index (κ2) is 8.73. The predicted octanol–water partition coefficient (Wildman–Crippen LogP) is 3.95. The lowest BCUT2D eigenvalue weighted by molar-refractivity contribution is -0.123. The molecule has 1 atom stereocenters. The molecule has 1 spiro atoms. The molecule has 1 saturated heterocycles. The van der Waals surface area contributed by atoms with Crippen LogP contribution in [0.3, 0.4) is 0 Å². The van der Waals surface area contributed by atoms with Crippen molar-refractivity contribution in [3.05, 3.63) is 84.3 Å². The maximum Gasteiger partial charge on any atom is 0.253 e. The van der Waals surface area contributed by atoms with Gasteiger partial charge < -0.3 is 15.2 Å². The number of carbonyl (C=O) groups is 2. The van der Waals surface area contributed by atoms with Crippen LogP contribution in [-0.2, 0) is 11.2 Å². The van der Waals surface area contributed by atoms with Crippen LogP contribution in [0.25, 0.3) is 16.6 Å². The van der Waals surface area contributed by atoms with Crippen LogP contribution in [0.4, 0.5) is 0 Å². The van der Waals surface area contributed by atoms with Gasteiger partial charge in [0.15, 0.2) is 0 Å². The van der Waals surface area contributed by atoms with Crippen molar-refractivity contribution in [1.82, 2.24) is 25.0 Å². The number of piperidine rings is 1. The van der Waals surface area contributed by atoms with E-state index in [-0.39, 0.29) is 23.1 Å². The van der Waals surface area contributed by atoms with E-state index in [1.807, 2.05) is 59.8 Å². The molecule has 1 unspecified atom stereocenters. The Balaban J connectivity index is 1.01. The van der Waals surface area contributed by atoms with Crippen LogP contribution in [-0.4, -0.2) is 51.1 Å². The number of amides is 2. The van der Waals surface area contributed by atoms with Gasteiger partial charge in [-0.15, -0.1) is 0 Å². The number of hydrogen-bond donors (Lipinski definition) is 2. The van der Waals surface area contributed by atoms with E-state index in [1.54, 1.807) is 10.9 Å². The summed E-state index contributed by atoms with van der Waals surface area (Å²) in [4.78, 5) is 31.2. The quantitative estimate of drug-likeness (QED) is 0.450. The third kappa shape index (κ3) is 4.11. The average Bonchev–Trinajstić information content (AvgIpc) is 3.23. The zero-order valence-corrected chi connectivity index (χ0v) is 19.6. The molecule has 7 heteroatoms. The molecule has 2 aromatic heterocycles. The van der Waals surface area contributed by atoms with E-state index < -0.39 is 0 Å². The van der Waals surface area contributed by atoms with Gasteiger partial charge in [0.2, 0.25) is 5.91 Å². The molecule has 2 aliphatic rings. The maximum absolute atomic E-state index is 13.1. The minimum absolute atomic E-state index is 0.0502. The summed E-state index contributed by atoms with van der Waals surface area (Å²) in [6.07, 6.45) is 9.15. The van der Waals surface area contributed by atoms with Gasteiger partial charge in [0.1, 0.15) is 0 Å². The molecular formula is C28H29N5O2. The highest BCUT2D eigenvalue weighted by molar-refractivity contribution is 5.95. The SMILES string of the molecule is O=C(NCCc1c[nH]c2ccccc12)C1CC12CCN(C(=O)c1cccc(-n3cccn3)c1)CC2. The molecule has 7 nitrogen and oxygen atoms in total. The highest BCUT2D eigenvalue weighted by Gasteiger charge is 2.58. The van der Waals surface area contributed by atoms with Gasteiger partial charge in [0, 0.05) is 60.6 Å². The molecule has 3 heterocycles. The fraction of sp³-hybridized carbons (Fsp3) is 0.321. The first kappa shape index (κ1) is 21.6. The summed E-state index contributed by atoms with van der Waals surface area (Å²) < 4.78 is 1.76. The molecule has 6 rings (SSSR count). The topological polar surface area (TPSA) is 83.0 Å². The summed E-state index contributed by atoms with van der Waals surface area (Å²) in [6.45, 7) is 2.04. The molecule has 178 valence electrons. The maximum atomic E-state index is 13.1. The Morgan fingerprint density at radius 3 is 2.77 bits per heavy atom. The van der Waals surface area contributed by atoms with Gasteiger partial charge in [-0.25, -0.2) is 4.68 Å². The molecule has 4 aromatic rings. The molecule has 2 aromatic carbocycles. The van der Waals surface area contributed by atoms with E-state index in [0.29, 0.717) is 25.2 Å². The number of H-pyrrole nitrogens is 1. The Kier molecular flexibility index (Phi) is 5.40. The number of aromatic nitrogens is 3. The number of aromatic amines is 1. The number of para-hydroxylation sites is 1. The normalized spacial score (nSPS) is 18.6. The van der Waals surface area contributed by atoms with Gasteiger partial charge in [-0.1, -0.05) is 24.3 Å². The van der Waals surface area contributed by atoms with E-state index in [9.17, 15) is 9.59 Å². The Hall–Kier alpha value is -3.87. The van der Waals surface area contributed by atoms with Crippen molar-refractivity contribution in [3.63, 3.8) is 0 Å². The number of benzene rings is 2. The summed E-state index contributed by atoms with van der Waals surface area (Å²) in [5.41, 5.74) is 3.98. The van der Waals surface area contributed by atoms with Crippen molar-refractivity contribution in [2.75, 3.05) is 19.6 Å². The first-order valence-corrected chi connectivity index (χ1v) is 12.4. The molecule has 2 fully saturated rings. The first-order chi connectivity index (χ1) is 17.1. The summed E-state index contributed by atoms with van der Waals surface area (Å²) in [6, 6.07) is 17.7. The zero-order chi connectivity index (χ0) is 23.8. The zero-order valence-electron chi connectivity index (χ0n) is 19.6. The molecule has 0 bridgehead atoms. The molecule has 1 aliphatic heterocycles. The number of nitrogens with zero attached hydrogens (tertiary/aromatic N) is 3. The van der Waals surface area contributed by atoms with Gasteiger partial charge in [-0.3, -0.25) is 9.59 Å². The first-order valence-electron chi connectivity index (χ1n) is 12.4. The number of likely N-dealkylation sites (tertiary alicyclic amines) is 1. The minimum Gasteiger partial charge on any atom is -0.361 e. The van der Waals surface area contributed by atoms with Crippen LogP contribution in [0.2, 0.25) is 0 Å². The Morgan fingerprint density at radius 2 is 1.94 bits per heavy atom. The molecule has 2 amide bonds. The van der Waals surface area contributed by atoms with Crippen LogP contribution < -0.4 is 5.32 Å². The van der Waals surface area contributed by atoms with Crippen LogP contribution in [0, 0.1) is 11.3 Å². The van der Waals surface area contributed by atoms with E-state index in [4.69, 9.17) is 0 Å². The van der Waals surface area contributed by atoms with Crippen LogP contribution in [0.1, 0.15) is 35.2 Å². The van der Waals surface area contributed by atoms with E-state index in [2.05, 4.69) is 27.5 Å². The Labute approximate surface area is 204 Å². The Bertz CT molecular complexity index is 1370. The summed E-state index contributed by atoms with van der Waals surface area (Å²) in [5, 5.41) is 8.63. The summed E-state index contributed by atoms with van der Waals surface area (Å²) in [5.74, 6) is 0.289. The van der Waals surface area contributed by atoms with E-state index in [1.165, 1.54) is 10.9 Å². The minimum atomic E-state index is 0.0502. The third-order valence-electron chi connectivity index (χ3n) is 7.78. The monoisotopic (exact) mass is 467 g/mol. The molecule has 1 aliphatic carbocycles. The van der Waals surface area contributed by atoms with Crippen LogP contribution in [0.15, 0.2) is 73.2 Å². The van der Waals surface area contributed by atoms with E-state index in [0.717, 1.165) is 36.9 Å². The smallest absolute Gasteiger partial charge is 0.253 e. The lowest BCUT2D eigenvalue weighted by atomic mass is 9.90. The fourth-order valence-electron chi connectivity index (χ4n) is 5.59. The second-order valence-electron chi connectivity index (χ2n) is 9.81. The molecule has 35 heavy (non-hydrogen) atoms. The standard InChI is InChI=1S/C28H29N5O2/c34-26(29-13-9-21-19-30-25-8-2-1-7-23(21)25)24-18-28(24)10-15-32(16-11-28)27(35)20-5-3-6-22(17-20)33-14-4-12-31-33/h1-8,12,14,17,19,24,30H,9-11,13,15-16,18H2,(H,29,34). The number of fused-ring (bicyclic) bond motifs is 1. The van der Waals surface area contributed by atoms with E-state index >= 15 is 0 Å². The number of nitrogens with one attached hydrogen (secondary N) is 2. The lowest BCUT2D eigenvalue weighted by Gasteiger charge is -2.33. The van der Waals surface area contributed by atoms with Gasteiger partial charge in [0.25, 0.3) is 5.91 Å². The third-order valence-corrected chi connectivity index (χ3v) is 7.78. The van der Waals surface area contributed by atoms with Crippen molar-refractivity contribution in [2.45, 2.75) is 25.7 Å². The van der Waals surface area contributed by atoms with Crippen LogP contribution in [0.5, 0.6) is 0 Å². The number of carbonyl (C=O) groups excluding carboxylic acids is 2. The van der Waals surface area contributed by atoms with Gasteiger partial charge >= 0.3 is 0 Å². The fourth-order valence-corrected chi connectivity index (χ4v) is 5.59. The lowest BCUT2D eigenvalue weighted by Crippen LogP contribution is -2.40. The van der Waals surface area contributed by atoms with Crippen LogP contribution >= 0.6 is 0 Å². The summed E-state index contributed by atoms with van der Waals surface area (Å²) >= 11 is 0. The van der Waals surface area contributed by atoms with Gasteiger partial charge in [-0.05, 0) is 67.0 Å². The highest BCUT2D eigenvalue weighted by atomic mass is 16.2. The average molecular weight is 468 g/mol. The van der Waals surface area contributed by atoms with Gasteiger partial charge in [-0.2, -0.15) is 5.10 Å². The van der Waals surface area contributed by atoms with Crippen molar-refractivity contribution in [2.24, 2.45) is 11.3 Å². The number of rotatable bonds is 6. The Morgan fingerprint density at radius 1 is 1.09 bits per heavy atom. The van der Waals surface area contributed by atoms with Crippen molar-refractivity contribution in [1.29, 1.82) is 0 Å². The molecule has 2 N–H and O–H groups in total. The molecule has 1 saturated carbocycles. The summed E-state index contributed by atoms with van der Waals surface area (Å²) in [7, 11) is 0. The van der Waals surface area contributed by atoms with Crippen molar-refractivity contribution >= 4 is 22.7 Å². The predicted molar refractivity (Wildman–Crippen MR) is 134 cm³/mol. The van der Waals surface area contributed by atoms with Crippen molar-refractivity contribution < 1.29 is 9.59 Å².